The van der Waals surface area contributed by atoms with Gasteiger partial charge in [0.1, 0.15) is 5.01 Å². The average Bonchev–Trinajstić information content (AvgIpc) is 2.96. The molecular formula is C15H19N3S3. The number of benzene rings is 1. The van der Waals surface area contributed by atoms with Crippen molar-refractivity contribution in [3.8, 4) is 0 Å². The van der Waals surface area contributed by atoms with E-state index in [1.54, 1.807) is 23.1 Å². The summed E-state index contributed by atoms with van der Waals surface area (Å²) in [5, 5.41) is 9.66. The fourth-order valence-corrected chi connectivity index (χ4v) is 4.98. The van der Waals surface area contributed by atoms with E-state index >= 15 is 0 Å². The Labute approximate surface area is 138 Å². The van der Waals surface area contributed by atoms with Crippen molar-refractivity contribution < 1.29 is 0 Å². The SMILES string of the molecule is CSc1nnc(CN2CCSC[C@@H]2c2ccc(C)cc2)s1. The maximum absolute atomic E-state index is 4.32. The summed E-state index contributed by atoms with van der Waals surface area (Å²) < 4.78 is 1.06. The average molecular weight is 338 g/mol. The molecule has 0 radical (unpaired) electrons. The minimum atomic E-state index is 0.492. The molecule has 1 aromatic heterocycles. The van der Waals surface area contributed by atoms with Crippen LogP contribution in [0.1, 0.15) is 22.2 Å². The van der Waals surface area contributed by atoms with Gasteiger partial charge in [0.25, 0.3) is 0 Å². The molecule has 3 rings (SSSR count). The van der Waals surface area contributed by atoms with Crippen LogP contribution in [0, 0.1) is 6.92 Å². The standard InChI is InChI=1S/C15H19N3S3/c1-11-3-5-12(6-4-11)13-10-20-8-7-18(13)9-14-16-17-15(19-2)21-14/h3-6,13H,7-10H2,1-2H3/t13-/m1/s1. The lowest BCUT2D eigenvalue weighted by Crippen LogP contribution is -2.35. The Morgan fingerprint density at radius 3 is 2.81 bits per heavy atom. The molecule has 0 N–H and O–H groups in total. The van der Waals surface area contributed by atoms with E-state index in [2.05, 4.69) is 52.5 Å². The maximum Gasteiger partial charge on any atom is 0.174 e. The van der Waals surface area contributed by atoms with Crippen LogP contribution in [0.2, 0.25) is 0 Å². The first kappa shape index (κ1) is 15.3. The summed E-state index contributed by atoms with van der Waals surface area (Å²) in [4.78, 5) is 2.55. The van der Waals surface area contributed by atoms with Crippen LogP contribution in [0.5, 0.6) is 0 Å². The molecule has 0 bridgehead atoms. The summed E-state index contributed by atoms with van der Waals surface area (Å²) >= 11 is 5.44. The molecule has 0 amide bonds. The van der Waals surface area contributed by atoms with Crippen LogP contribution in [0.4, 0.5) is 0 Å². The highest BCUT2D eigenvalue weighted by atomic mass is 32.2. The summed E-state index contributed by atoms with van der Waals surface area (Å²) in [6.45, 7) is 4.18. The Bertz CT molecular complexity index is 582. The van der Waals surface area contributed by atoms with Crippen LogP contribution < -0.4 is 0 Å². The molecule has 1 aliphatic heterocycles. The first-order valence-electron chi connectivity index (χ1n) is 7.01. The highest BCUT2D eigenvalue weighted by Crippen LogP contribution is 2.32. The molecule has 3 nitrogen and oxygen atoms in total. The predicted molar refractivity (Wildman–Crippen MR) is 93.3 cm³/mol. The lowest BCUT2D eigenvalue weighted by atomic mass is 10.0. The Kier molecular flexibility index (Phi) is 5.21. The number of aryl methyl sites for hydroxylation is 1. The topological polar surface area (TPSA) is 29.0 Å². The van der Waals surface area contributed by atoms with Crippen LogP contribution in [-0.4, -0.2) is 39.4 Å². The lowest BCUT2D eigenvalue weighted by molar-refractivity contribution is 0.211. The van der Waals surface area contributed by atoms with Gasteiger partial charge in [0.05, 0.1) is 6.54 Å². The van der Waals surface area contributed by atoms with E-state index in [0.717, 1.165) is 28.2 Å². The van der Waals surface area contributed by atoms with Crippen LogP contribution in [-0.2, 0) is 6.54 Å². The molecule has 0 unspecified atom stereocenters. The van der Waals surface area contributed by atoms with Gasteiger partial charge in [-0.15, -0.1) is 10.2 Å². The summed E-state index contributed by atoms with van der Waals surface area (Å²) in [6.07, 6.45) is 2.05. The van der Waals surface area contributed by atoms with Gasteiger partial charge in [0, 0.05) is 24.1 Å². The van der Waals surface area contributed by atoms with Gasteiger partial charge in [-0.05, 0) is 18.7 Å². The van der Waals surface area contributed by atoms with Gasteiger partial charge in [-0.25, -0.2) is 0 Å². The van der Waals surface area contributed by atoms with Crippen LogP contribution in [0.15, 0.2) is 28.6 Å². The van der Waals surface area contributed by atoms with Gasteiger partial charge < -0.3 is 0 Å². The largest absolute Gasteiger partial charge is 0.288 e. The van der Waals surface area contributed by atoms with E-state index in [1.165, 1.54) is 16.9 Å². The molecular weight excluding hydrogens is 318 g/mol. The molecule has 21 heavy (non-hydrogen) atoms. The van der Waals surface area contributed by atoms with Crippen molar-refractivity contribution in [2.45, 2.75) is 23.8 Å². The van der Waals surface area contributed by atoms with Crippen molar-refractivity contribution in [2.75, 3.05) is 24.3 Å². The number of thioether (sulfide) groups is 2. The monoisotopic (exact) mass is 337 g/mol. The van der Waals surface area contributed by atoms with Crippen molar-refractivity contribution in [3.63, 3.8) is 0 Å². The van der Waals surface area contributed by atoms with Crippen LogP contribution in [0.3, 0.4) is 0 Å². The quantitative estimate of drug-likeness (QED) is 0.790. The number of hydrogen-bond acceptors (Lipinski definition) is 6. The van der Waals surface area contributed by atoms with Crippen LogP contribution >= 0.6 is 34.9 Å². The maximum atomic E-state index is 4.32. The summed E-state index contributed by atoms with van der Waals surface area (Å²) in [5.74, 6) is 2.37. The number of hydrogen-bond donors (Lipinski definition) is 0. The molecule has 112 valence electrons. The van der Waals surface area contributed by atoms with E-state index in [1.807, 2.05) is 11.8 Å². The van der Waals surface area contributed by atoms with E-state index in [9.17, 15) is 0 Å². The molecule has 2 heterocycles. The Morgan fingerprint density at radius 2 is 2.10 bits per heavy atom. The van der Waals surface area contributed by atoms with E-state index in [0.29, 0.717) is 6.04 Å². The molecule has 2 aromatic rings. The molecule has 1 fully saturated rings. The zero-order chi connectivity index (χ0) is 14.7. The Balaban J connectivity index is 1.76. The van der Waals surface area contributed by atoms with Gasteiger partial charge in [0.2, 0.25) is 0 Å². The van der Waals surface area contributed by atoms with Crippen molar-refractivity contribution >= 4 is 34.9 Å². The summed E-state index contributed by atoms with van der Waals surface area (Å²) in [7, 11) is 0. The zero-order valence-corrected chi connectivity index (χ0v) is 14.7. The molecule has 0 spiro atoms. The molecule has 1 saturated heterocycles. The van der Waals surface area contributed by atoms with Crippen molar-refractivity contribution in [3.05, 3.63) is 40.4 Å². The molecule has 6 heteroatoms. The van der Waals surface area contributed by atoms with Gasteiger partial charge in [-0.3, -0.25) is 4.90 Å². The van der Waals surface area contributed by atoms with Gasteiger partial charge in [-0.2, -0.15) is 11.8 Å². The van der Waals surface area contributed by atoms with Gasteiger partial charge >= 0.3 is 0 Å². The third-order valence-electron chi connectivity index (χ3n) is 3.66. The first-order chi connectivity index (χ1) is 10.3. The highest BCUT2D eigenvalue weighted by molar-refractivity contribution is 8.00. The second kappa shape index (κ2) is 7.13. The second-order valence-electron chi connectivity index (χ2n) is 5.14. The fourth-order valence-electron chi connectivity index (χ4n) is 2.48. The Morgan fingerprint density at radius 1 is 1.29 bits per heavy atom. The van der Waals surface area contributed by atoms with E-state index in [-0.39, 0.29) is 0 Å². The number of aromatic nitrogens is 2. The van der Waals surface area contributed by atoms with Crippen molar-refractivity contribution in [1.82, 2.24) is 15.1 Å². The summed E-state index contributed by atoms with van der Waals surface area (Å²) in [6, 6.07) is 9.46. The smallest absolute Gasteiger partial charge is 0.174 e. The van der Waals surface area contributed by atoms with Crippen LogP contribution in [0.25, 0.3) is 0 Å². The van der Waals surface area contributed by atoms with E-state index in [4.69, 9.17) is 0 Å². The summed E-state index contributed by atoms with van der Waals surface area (Å²) in [5.41, 5.74) is 2.74. The number of rotatable bonds is 4. The number of nitrogens with zero attached hydrogens (tertiary/aromatic N) is 3. The lowest BCUT2D eigenvalue weighted by Gasteiger charge is -2.35. The highest BCUT2D eigenvalue weighted by Gasteiger charge is 2.25. The normalized spacial score (nSPS) is 19.8. The third-order valence-corrected chi connectivity index (χ3v) is 6.57. The van der Waals surface area contributed by atoms with Crippen molar-refractivity contribution in [1.29, 1.82) is 0 Å². The molecule has 1 aromatic carbocycles. The van der Waals surface area contributed by atoms with Gasteiger partial charge in [0.15, 0.2) is 4.34 Å². The molecule has 1 aliphatic rings. The minimum absolute atomic E-state index is 0.492. The van der Waals surface area contributed by atoms with E-state index < -0.39 is 0 Å². The fraction of sp³-hybridized carbons (Fsp3) is 0.467. The van der Waals surface area contributed by atoms with Crippen molar-refractivity contribution in [2.24, 2.45) is 0 Å². The van der Waals surface area contributed by atoms with Gasteiger partial charge in [-0.1, -0.05) is 52.9 Å². The minimum Gasteiger partial charge on any atom is -0.288 e. The molecule has 1 atom stereocenters. The molecule has 0 saturated carbocycles. The predicted octanol–water partition coefficient (Wildman–Crippen LogP) is 3.86. The molecule has 0 aliphatic carbocycles. The second-order valence-corrected chi connectivity index (χ2v) is 8.40. The Hall–Kier alpha value is -0.560. The first-order valence-corrected chi connectivity index (χ1v) is 10.2. The third kappa shape index (κ3) is 3.80. The zero-order valence-electron chi connectivity index (χ0n) is 12.3.